The van der Waals surface area contributed by atoms with E-state index in [1.165, 1.54) is 12.1 Å². The number of benzene rings is 2. The molecule has 0 unspecified atom stereocenters. The topological polar surface area (TPSA) is 78.4 Å². The molecule has 112 valence electrons. The molecule has 2 aromatic rings. The van der Waals surface area contributed by atoms with Crippen LogP contribution in [0, 0.1) is 3.57 Å². The normalized spacial score (nSPS) is 9.86. The summed E-state index contributed by atoms with van der Waals surface area (Å²) in [4.78, 5) is 23.0. The van der Waals surface area contributed by atoms with Crippen LogP contribution in [0.2, 0.25) is 0 Å². The van der Waals surface area contributed by atoms with Crippen LogP contribution in [0.25, 0.3) is 0 Å². The zero-order chi connectivity index (χ0) is 16.1. The molecule has 0 spiro atoms. The Labute approximate surface area is 145 Å². The maximum Gasteiger partial charge on any atom is 0.335 e. The van der Waals surface area contributed by atoms with E-state index < -0.39 is 5.97 Å². The van der Waals surface area contributed by atoms with Gasteiger partial charge in [0.15, 0.2) is 5.11 Å². The molecule has 0 aliphatic rings. The number of thiocarbonyl (C=S) groups is 1. The SMILES string of the molecule is O=C(O)c1cccc(NC(=S)NC(=O)c2ccccc2I)c1. The third-order valence-corrected chi connectivity index (χ3v) is 3.86. The van der Waals surface area contributed by atoms with Crippen LogP contribution in [0.5, 0.6) is 0 Å². The van der Waals surface area contributed by atoms with Crippen molar-refractivity contribution in [3.05, 3.63) is 63.2 Å². The first kappa shape index (κ1) is 16.4. The standard InChI is InChI=1S/C15H11IN2O3S/c16-12-7-2-1-6-11(12)13(19)18-15(22)17-10-5-3-4-9(8-10)14(20)21/h1-8H,(H,20,21)(H2,17,18,19,22). The first-order valence-corrected chi connectivity index (χ1v) is 7.66. The van der Waals surface area contributed by atoms with Crippen molar-refractivity contribution in [1.29, 1.82) is 0 Å². The Morgan fingerprint density at radius 3 is 2.50 bits per heavy atom. The number of rotatable bonds is 3. The predicted molar refractivity (Wildman–Crippen MR) is 96.2 cm³/mol. The van der Waals surface area contributed by atoms with E-state index in [1.807, 2.05) is 12.1 Å². The molecule has 3 N–H and O–H groups in total. The first-order valence-electron chi connectivity index (χ1n) is 6.17. The van der Waals surface area contributed by atoms with Gasteiger partial charge in [0.1, 0.15) is 0 Å². The Morgan fingerprint density at radius 2 is 1.82 bits per heavy atom. The highest BCUT2D eigenvalue weighted by Gasteiger charge is 2.11. The summed E-state index contributed by atoms with van der Waals surface area (Å²) in [6, 6.07) is 13.3. The number of aromatic carboxylic acids is 1. The van der Waals surface area contributed by atoms with E-state index in [2.05, 4.69) is 33.2 Å². The molecule has 0 heterocycles. The second kappa shape index (κ2) is 7.32. The first-order chi connectivity index (χ1) is 10.5. The lowest BCUT2D eigenvalue weighted by Crippen LogP contribution is -2.34. The van der Waals surface area contributed by atoms with Crippen LogP contribution >= 0.6 is 34.8 Å². The van der Waals surface area contributed by atoms with Crippen LogP contribution in [0.4, 0.5) is 5.69 Å². The summed E-state index contributed by atoms with van der Waals surface area (Å²) in [6.45, 7) is 0. The van der Waals surface area contributed by atoms with Crippen molar-refractivity contribution in [3.8, 4) is 0 Å². The van der Waals surface area contributed by atoms with Gasteiger partial charge in [-0.2, -0.15) is 0 Å². The van der Waals surface area contributed by atoms with Gasteiger partial charge >= 0.3 is 5.97 Å². The van der Waals surface area contributed by atoms with E-state index in [9.17, 15) is 9.59 Å². The van der Waals surface area contributed by atoms with Crippen molar-refractivity contribution in [3.63, 3.8) is 0 Å². The van der Waals surface area contributed by atoms with Crippen molar-refractivity contribution >= 4 is 57.5 Å². The smallest absolute Gasteiger partial charge is 0.335 e. The molecular weight excluding hydrogens is 415 g/mol. The quantitative estimate of drug-likeness (QED) is 0.520. The molecular formula is C15H11IN2O3S. The lowest BCUT2D eigenvalue weighted by Gasteiger charge is -2.10. The number of hydrogen-bond donors (Lipinski definition) is 3. The number of amides is 1. The number of carbonyl (C=O) groups is 2. The molecule has 2 aromatic carbocycles. The van der Waals surface area contributed by atoms with Crippen molar-refractivity contribution < 1.29 is 14.7 Å². The van der Waals surface area contributed by atoms with Gasteiger partial charge in [0, 0.05) is 9.26 Å². The fourth-order valence-electron chi connectivity index (χ4n) is 1.71. The fraction of sp³-hybridized carbons (Fsp3) is 0. The van der Waals surface area contributed by atoms with Gasteiger partial charge in [0.25, 0.3) is 5.91 Å². The van der Waals surface area contributed by atoms with Gasteiger partial charge in [-0.25, -0.2) is 4.79 Å². The molecule has 0 aliphatic heterocycles. The van der Waals surface area contributed by atoms with E-state index in [0.717, 1.165) is 3.57 Å². The van der Waals surface area contributed by atoms with E-state index >= 15 is 0 Å². The molecule has 0 bridgehead atoms. The zero-order valence-electron chi connectivity index (χ0n) is 11.2. The largest absolute Gasteiger partial charge is 0.478 e. The van der Waals surface area contributed by atoms with E-state index in [0.29, 0.717) is 11.3 Å². The Kier molecular flexibility index (Phi) is 5.45. The molecule has 0 saturated heterocycles. The molecule has 0 radical (unpaired) electrons. The summed E-state index contributed by atoms with van der Waals surface area (Å²) in [5.41, 5.74) is 1.15. The van der Waals surface area contributed by atoms with Gasteiger partial charge in [-0.15, -0.1) is 0 Å². The zero-order valence-corrected chi connectivity index (χ0v) is 14.1. The van der Waals surface area contributed by atoms with Crippen LogP contribution in [0.1, 0.15) is 20.7 Å². The molecule has 2 rings (SSSR count). The molecule has 0 atom stereocenters. The molecule has 1 amide bonds. The summed E-state index contributed by atoms with van der Waals surface area (Å²) in [7, 11) is 0. The van der Waals surface area contributed by atoms with Gasteiger partial charge in [0.2, 0.25) is 0 Å². The van der Waals surface area contributed by atoms with E-state index in [-0.39, 0.29) is 16.6 Å². The summed E-state index contributed by atoms with van der Waals surface area (Å²) in [5, 5.41) is 14.4. The van der Waals surface area contributed by atoms with Crippen LogP contribution in [0.15, 0.2) is 48.5 Å². The molecule has 5 nitrogen and oxygen atoms in total. The lowest BCUT2D eigenvalue weighted by molar-refractivity contribution is 0.0696. The van der Waals surface area contributed by atoms with Gasteiger partial charge < -0.3 is 10.4 Å². The number of hydrogen-bond acceptors (Lipinski definition) is 3. The van der Waals surface area contributed by atoms with Crippen LogP contribution in [0.3, 0.4) is 0 Å². The molecule has 0 saturated carbocycles. The summed E-state index contributed by atoms with van der Waals surface area (Å²) in [6.07, 6.45) is 0. The number of anilines is 1. The van der Waals surface area contributed by atoms with E-state index in [4.69, 9.17) is 17.3 Å². The monoisotopic (exact) mass is 426 g/mol. The number of carbonyl (C=O) groups excluding carboxylic acids is 1. The predicted octanol–water partition coefficient (Wildman–Crippen LogP) is 3.12. The van der Waals surface area contributed by atoms with E-state index in [1.54, 1.807) is 24.3 Å². The highest BCUT2D eigenvalue weighted by molar-refractivity contribution is 14.1. The average Bonchev–Trinajstić information content (AvgIpc) is 2.47. The van der Waals surface area contributed by atoms with Crippen molar-refractivity contribution in [1.82, 2.24) is 5.32 Å². The minimum Gasteiger partial charge on any atom is -0.478 e. The van der Waals surface area contributed by atoms with Crippen LogP contribution in [-0.2, 0) is 0 Å². The fourth-order valence-corrected chi connectivity index (χ4v) is 2.55. The van der Waals surface area contributed by atoms with Gasteiger partial charge in [0.05, 0.1) is 11.1 Å². The highest BCUT2D eigenvalue weighted by atomic mass is 127. The van der Waals surface area contributed by atoms with Gasteiger partial charge in [-0.1, -0.05) is 18.2 Å². The third kappa shape index (κ3) is 4.25. The summed E-state index contributed by atoms with van der Waals surface area (Å²) in [5.74, 6) is -1.35. The van der Waals surface area contributed by atoms with Crippen molar-refractivity contribution in [2.24, 2.45) is 0 Å². The van der Waals surface area contributed by atoms with Crippen molar-refractivity contribution in [2.45, 2.75) is 0 Å². The molecule has 0 aromatic heterocycles. The molecule has 22 heavy (non-hydrogen) atoms. The Balaban J connectivity index is 2.04. The third-order valence-electron chi connectivity index (χ3n) is 2.71. The minimum absolute atomic E-state index is 0.104. The van der Waals surface area contributed by atoms with Gasteiger partial charge in [-0.3, -0.25) is 10.1 Å². The Hall–Kier alpha value is -2.00. The number of halogens is 1. The number of nitrogens with one attached hydrogen (secondary N) is 2. The summed E-state index contributed by atoms with van der Waals surface area (Å²) < 4.78 is 0.813. The Morgan fingerprint density at radius 1 is 1.09 bits per heavy atom. The van der Waals surface area contributed by atoms with Crippen LogP contribution < -0.4 is 10.6 Å². The molecule has 0 aliphatic carbocycles. The minimum atomic E-state index is -1.03. The second-order valence-electron chi connectivity index (χ2n) is 4.27. The number of carboxylic acid groups (broad SMARTS) is 1. The lowest BCUT2D eigenvalue weighted by atomic mass is 10.2. The summed E-state index contributed by atoms with van der Waals surface area (Å²) >= 11 is 7.14. The second-order valence-corrected chi connectivity index (χ2v) is 5.84. The Bertz CT molecular complexity index is 749. The molecule has 0 fully saturated rings. The average molecular weight is 426 g/mol. The highest BCUT2D eigenvalue weighted by Crippen LogP contribution is 2.12. The van der Waals surface area contributed by atoms with Crippen LogP contribution in [-0.4, -0.2) is 22.1 Å². The molecule has 7 heteroatoms. The number of carboxylic acids is 1. The maximum absolute atomic E-state index is 12.1. The van der Waals surface area contributed by atoms with Gasteiger partial charge in [-0.05, 0) is 65.1 Å². The maximum atomic E-state index is 12.1. The van der Waals surface area contributed by atoms with Crippen molar-refractivity contribution in [2.75, 3.05) is 5.32 Å².